The number of carbonyl (C=O) groups is 1. The molecule has 4 N–H and O–H groups in total. The number of benzene rings is 1. The van der Waals surface area contributed by atoms with Gasteiger partial charge in [-0.2, -0.15) is 0 Å². The summed E-state index contributed by atoms with van der Waals surface area (Å²) in [6.07, 6.45) is 0.777. The summed E-state index contributed by atoms with van der Waals surface area (Å²) < 4.78 is 5.39. The first-order valence-electron chi connectivity index (χ1n) is 6.85. The molecule has 6 heteroatoms. The minimum Gasteiger partial charge on any atom is -0.496 e. The van der Waals surface area contributed by atoms with Crippen molar-refractivity contribution in [1.82, 2.24) is 4.90 Å². The van der Waals surface area contributed by atoms with Gasteiger partial charge in [-0.25, -0.2) is 0 Å². The minimum atomic E-state index is -0.450. The SMILES string of the molecule is COc1ccc(C(N)=S)cc1CN1CCC(C)(C(N)=O)C1. The Kier molecular flexibility index (Phi) is 4.49. The molecule has 0 saturated carbocycles. The van der Waals surface area contributed by atoms with Crippen LogP contribution in [0.1, 0.15) is 24.5 Å². The van der Waals surface area contributed by atoms with Gasteiger partial charge >= 0.3 is 0 Å². The van der Waals surface area contributed by atoms with Gasteiger partial charge in [0.05, 0.1) is 12.5 Å². The smallest absolute Gasteiger partial charge is 0.224 e. The molecule has 1 amide bonds. The van der Waals surface area contributed by atoms with E-state index in [4.69, 9.17) is 28.4 Å². The molecule has 114 valence electrons. The van der Waals surface area contributed by atoms with E-state index in [0.717, 1.165) is 29.8 Å². The molecule has 1 fully saturated rings. The van der Waals surface area contributed by atoms with Gasteiger partial charge in [-0.15, -0.1) is 0 Å². The van der Waals surface area contributed by atoms with Crippen molar-refractivity contribution in [2.45, 2.75) is 19.9 Å². The maximum Gasteiger partial charge on any atom is 0.224 e. The fourth-order valence-corrected chi connectivity index (χ4v) is 2.82. The van der Waals surface area contributed by atoms with Crippen LogP contribution in [0, 0.1) is 5.41 Å². The standard InChI is InChI=1S/C15H21N3O2S/c1-15(14(17)19)5-6-18(9-15)8-11-7-10(13(16)21)3-4-12(11)20-2/h3-4,7H,5-6,8-9H2,1-2H3,(H2,16,21)(H2,17,19). The quantitative estimate of drug-likeness (QED) is 0.794. The maximum atomic E-state index is 11.5. The Bertz CT molecular complexity index is 576. The average Bonchev–Trinajstić information content (AvgIpc) is 2.81. The van der Waals surface area contributed by atoms with Crippen LogP contribution >= 0.6 is 12.2 Å². The molecule has 5 nitrogen and oxygen atoms in total. The summed E-state index contributed by atoms with van der Waals surface area (Å²) >= 11 is 5.02. The van der Waals surface area contributed by atoms with E-state index in [2.05, 4.69) is 4.90 Å². The molecule has 1 saturated heterocycles. The second kappa shape index (κ2) is 5.99. The average molecular weight is 307 g/mol. The van der Waals surface area contributed by atoms with E-state index >= 15 is 0 Å². The minimum absolute atomic E-state index is 0.242. The fourth-order valence-electron chi connectivity index (χ4n) is 2.69. The van der Waals surface area contributed by atoms with Gasteiger partial charge in [-0.3, -0.25) is 9.69 Å². The lowest BCUT2D eigenvalue weighted by molar-refractivity contribution is -0.126. The molecule has 2 rings (SSSR count). The number of nitrogens with zero attached hydrogens (tertiary/aromatic N) is 1. The number of hydrogen-bond acceptors (Lipinski definition) is 4. The van der Waals surface area contributed by atoms with Crippen LogP contribution in [0.5, 0.6) is 5.75 Å². The molecule has 1 aliphatic heterocycles. The van der Waals surface area contributed by atoms with Crippen molar-refractivity contribution in [3.63, 3.8) is 0 Å². The van der Waals surface area contributed by atoms with Crippen molar-refractivity contribution in [3.05, 3.63) is 29.3 Å². The lowest BCUT2D eigenvalue weighted by atomic mass is 9.89. The number of nitrogens with two attached hydrogens (primary N) is 2. The van der Waals surface area contributed by atoms with Crippen LogP contribution in [0.4, 0.5) is 0 Å². The zero-order valence-corrected chi connectivity index (χ0v) is 13.2. The Balaban J connectivity index is 2.18. The van der Waals surface area contributed by atoms with Crippen LogP contribution in [0.25, 0.3) is 0 Å². The van der Waals surface area contributed by atoms with Gasteiger partial charge in [-0.05, 0) is 38.1 Å². The molecular formula is C15H21N3O2S. The predicted octanol–water partition coefficient (Wildman–Crippen LogP) is 1.03. The zero-order valence-electron chi connectivity index (χ0n) is 12.4. The Labute approximate surface area is 130 Å². The lowest BCUT2D eigenvalue weighted by Gasteiger charge is -2.22. The molecule has 21 heavy (non-hydrogen) atoms. The van der Waals surface area contributed by atoms with Gasteiger partial charge in [0, 0.05) is 24.2 Å². The number of hydrogen-bond donors (Lipinski definition) is 2. The number of ether oxygens (including phenoxy) is 1. The second-order valence-corrected chi connectivity index (χ2v) is 6.22. The van der Waals surface area contributed by atoms with Crippen LogP contribution in [0.3, 0.4) is 0 Å². The van der Waals surface area contributed by atoms with E-state index in [-0.39, 0.29) is 5.91 Å². The van der Waals surface area contributed by atoms with Gasteiger partial charge < -0.3 is 16.2 Å². The monoisotopic (exact) mass is 307 g/mol. The molecule has 1 aliphatic rings. The summed E-state index contributed by atoms with van der Waals surface area (Å²) in [5.74, 6) is 0.552. The molecule has 0 aromatic heterocycles. The number of likely N-dealkylation sites (tertiary alicyclic amines) is 1. The normalized spacial score (nSPS) is 22.2. The molecule has 1 aromatic carbocycles. The summed E-state index contributed by atoms with van der Waals surface area (Å²) in [5, 5.41) is 0. The predicted molar refractivity (Wildman–Crippen MR) is 86.1 cm³/mol. The summed E-state index contributed by atoms with van der Waals surface area (Å²) in [5.41, 5.74) is 12.5. The Hall–Kier alpha value is -1.66. The molecule has 0 bridgehead atoms. The van der Waals surface area contributed by atoms with Gasteiger partial charge in [0.15, 0.2) is 0 Å². The molecule has 1 heterocycles. The van der Waals surface area contributed by atoms with Crippen LogP contribution in [0.2, 0.25) is 0 Å². The Morgan fingerprint density at radius 2 is 2.19 bits per heavy atom. The topological polar surface area (TPSA) is 81.6 Å². The molecule has 0 spiro atoms. The number of carbonyl (C=O) groups excluding carboxylic acids is 1. The third kappa shape index (κ3) is 3.33. The van der Waals surface area contributed by atoms with Gasteiger partial charge in [0.2, 0.25) is 5.91 Å². The van der Waals surface area contributed by atoms with Gasteiger partial charge in [0.25, 0.3) is 0 Å². The van der Waals surface area contributed by atoms with E-state index in [1.807, 2.05) is 25.1 Å². The second-order valence-electron chi connectivity index (χ2n) is 5.78. The number of amides is 1. The van der Waals surface area contributed by atoms with Crippen molar-refractivity contribution in [2.24, 2.45) is 16.9 Å². The lowest BCUT2D eigenvalue weighted by Crippen LogP contribution is -2.37. The van der Waals surface area contributed by atoms with Crippen molar-refractivity contribution in [1.29, 1.82) is 0 Å². The number of primary amides is 1. The van der Waals surface area contributed by atoms with Crippen molar-refractivity contribution >= 4 is 23.1 Å². The van der Waals surface area contributed by atoms with Crippen molar-refractivity contribution in [3.8, 4) is 5.75 Å². The highest BCUT2D eigenvalue weighted by molar-refractivity contribution is 7.80. The van der Waals surface area contributed by atoms with Crippen molar-refractivity contribution < 1.29 is 9.53 Å². The van der Waals surface area contributed by atoms with Gasteiger partial charge in [-0.1, -0.05) is 12.2 Å². The third-order valence-electron chi connectivity index (χ3n) is 4.11. The number of rotatable bonds is 5. The Morgan fingerprint density at radius 1 is 1.48 bits per heavy atom. The highest BCUT2D eigenvalue weighted by Gasteiger charge is 2.38. The van der Waals surface area contributed by atoms with E-state index in [9.17, 15) is 4.79 Å². The first kappa shape index (κ1) is 15.7. The molecule has 0 radical (unpaired) electrons. The third-order valence-corrected chi connectivity index (χ3v) is 4.34. The van der Waals surface area contributed by atoms with E-state index in [0.29, 0.717) is 18.1 Å². The molecule has 1 atom stereocenters. The van der Waals surface area contributed by atoms with E-state index in [1.54, 1.807) is 7.11 Å². The fraction of sp³-hybridized carbons (Fsp3) is 0.467. The largest absolute Gasteiger partial charge is 0.496 e. The first-order chi connectivity index (χ1) is 9.85. The zero-order chi connectivity index (χ0) is 15.6. The highest BCUT2D eigenvalue weighted by Crippen LogP contribution is 2.32. The summed E-state index contributed by atoms with van der Waals surface area (Å²) in [7, 11) is 1.64. The molecule has 0 aliphatic carbocycles. The van der Waals surface area contributed by atoms with Crippen molar-refractivity contribution in [2.75, 3.05) is 20.2 Å². The summed E-state index contributed by atoms with van der Waals surface area (Å²) in [6.45, 7) is 4.09. The van der Waals surface area contributed by atoms with Crippen LogP contribution in [-0.4, -0.2) is 36.0 Å². The van der Waals surface area contributed by atoms with Crippen LogP contribution < -0.4 is 16.2 Å². The summed E-state index contributed by atoms with van der Waals surface area (Å²) in [4.78, 5) is 14.1. The first-order valence-corrected chi connectivity index (χ1v) is 7.25. The highest BCUT2D eigenvalue weighted by atomic mass is 32.1. The summed E-state index contributed by atoms with van der Waals surface area (Å²) in [6, 6.07) is 5.66. The maximum absolute atomic E-state index is 11.5. The Morgan fingerprint density at radius 3 is 2.71 bits per heavy atom. The number of methoxy groups -OCH3 is 1. The van der Waals surface area contributed by atoms with Crippen LogP contribution in [-0.2, 0) is 11.3 Å². The van der Waals surface area contributed by atoms with E-state index in [1.165, 1.54) is 0 Å². The molecule has 1 unspecified atom stereocenters. The van der Waals surface area contributed by atoms with Crippen LogP contribution in [0.15, 0.2) is 18.2 Å². The molecular weight excluding hydrogens is 286 g/mol. The van der Waals surface area contributed by atoms with Gasteiger partial charge in [0.1, 0.15) is 10.7 Å². The number of thiocarbonyl (C=S) groups is 1. The van der Waals surface area contributed by atoms with E-state index < -0.39 is 5.41 Å². The molecule has 1 aromatic rings.